The normalized spacial score (nSPS) is 17.8. The molecule has 0 amide bonds. The second-order valence-corrected chi connectivity index (χ2v) is 17.8. The maximum Gasteiger partial charge on any atom is 0.0767 e. The van der Waals surface area contributed by atoms with E-state index in [1.54, 1.807) is 0 Å². The van der Waals surface area contributed by atoms with Gasteiger partial charge in [0.2, 0.25) is 0 Å². The number of nitrogens with zero attached hydrogens (tertiary/aromatic N) is 2. The van der Waals surface area contributed by atoms with Crippen LogP contribution in [0.2, 0.25) is 0 Å². The minimum absolute atomic E-state index is 0.113. The van der Waals surface area contributed by atoms with Crippen LogP contribution in [0, 0.1) is 5.92 Å². The number of hydrogen-bond donors (Lipinski definition) is 2. The Bertz CT molecular complexity index is 2240. The van der Waals surface area contributed by atoms with Gasteiger partial charge in [-0.2, -0.15) is 0 Å². The highest BCUT2D eigenvalue weighted by molar-refractivity contribution is 6.24. The fourth-order valence-corrected chi connectivity index (χ4v) is 11.5. The number of aromatic amines is 2. The van der Waals surface area contributed by atoms with Crippen LogP contribution in [0.5, 0.6) is 0 Å². The third-order valence-corrected chi connectivity index (χ3v) is 14.4. The lowest BCUT2D eigenvalue weighted by atomic mass is 9.81. The average Bonchev–Trinajstić information content (AvgIpc) is 4.07. The highest BCUT2D eigenvalue weighted by Crippen LogP contribution is 2.48. The van der Waals surface area contributed by atoms with Crippen molar-refractivity contribution in [3.05, 3.63) is 151 Å². The van der Waals surface area contributed by atoms with E-state index in [0.29, 0.717) is 0 Å². The summed E-state index contributed by atoms with van der Waals surface area (Å²) in [5.41, 5.74) is 26.8. The molecule has 4 heteroatoms. The summed E-state index contributed by atoms with van der Waals surface area (Å²) in [7, 11) is 0. The van der Waals surface area contributed by atoms with Gasteiger partial charge in [0.15, 0.2) is 0 Å². The largest absolute Gasteiger partial charge is 0.357 e. The molecule has 8 bridgehead atoms. The molecule has 5 heterocycles. The van der Waals surface area contributed by atoms with Gasteiger partial charge in [0.1, 0.15) is 0 Å². The number of benzene rings is 2. The van der Waals surface area contributed by atoms with E-state index >= 15 is 0 Å². The minimum Gasteiger partial charge on any atom is -0.357 e. The van der Waals surface area contributed by atoms with E-state index in [4.69, 9.17) is 9.98 Å². The van der Waals surface area contributed by atoms with E-state index in [-0.39, 0.29) is 11.8 Å². The highest BCUT2D eigenvalue weighted by atomic mass is 14.9. The number of allylic oxidation sites excluding steroid dienone is 4. The maximum atomic E-state index is 6.05. The molecule has 2 aromatic heterocycles. The Morgan fingerprint density at radius 3 is 1.18 bits per heavy atom. The number of nitrogens with one attached hydrogen (secondary N) is 2. The lowest BCUT2D eigenvalue weighted by Crippen LogP contribution is -2.26. The summed E-state index contributed by atoms with van der Waals surface area (Å²) < 4.78 is 0. The zero-order valence-electron chi connectivity index (χ0n) is 40.1. The number of rotatable bonds is 18. The summed E-state index contributed by atoms with van der Waals surface area (Å²) in [4.78, 5) is 20.8. The minimum atomic E-state index is 0.113. The second-order valence-electron chi connectivity index (χ2n) is 17.8. The van der Waals surface area contributed by atoms with Crippen LogP contribution in [0.25, 0.3) is 11.1 Å². The van der Waals surface area contributed by atoms with Crippen LogP contribution < -0.4 is 0 Å². The zero-order chi connectivity index (χ0) is 43.9. The molecule has 3 aliphatic rings. The van der Waals surface area contributed by atoms with Crippen LogP contribution in [0.3, 0.4) is 0 Å². The fourth-order valence-electron chi connectivity index (χ4n) is 11.5. The molecule has 4 aromatic rings. The van der Waals surface area contributed by atoms with Gasteiger partial charge in [-0.3, -0.25) is 9.98 Å². The molecule has 328 valence electrons. The monoisotopic (exact) mass is 829 g/mol. The number of aliphatic imine (C=N–C) groups is 2. The molecule has 62 heavy (non-hydrogen) atoms. The second kappa shape index (κ2) is 20.7. The van der Waals surface area contributed by atoms with E-state index in [1.807, 2.05) is 0 Å². The molecule has 7 rings (SSSR count). The van der Waals surface area contributed by atoms with E-state index in [0.717, 1.165) is 77.0 Å². The molecule has 2 aromatic carbocycles. The molecular weight excluding hydrogens is 753 g/mol. The topological polar surface area (TPSA) is 56.3 Å². The summed E-state index contributed by atoms with van der Waals surface area (Å²) in [5.74, 6) is 0.315. The van der Waals surface area contributed by atoms with Crippen LogP contribution in [0.15, 0.2) is 104 Å². The van der Waals surface area contributed by atoms with Crippen molar-refractivity contribution in [2.45, 2.75) is 178 Å². The van der Waals surface area contributed by atoms with Crippen molar-refractivity contribution < 1.29 is 0 Å². The van der Waals surface area contributed by atoms with Crippen LogP contribution in [0.1, 0.15) is 208 Å². The third-order valence-electron chi connectivity index (χ3n) is 14.4. The number of hydrogen-bond acceptors (Lipinski definition) is 2. The molecule has 0 atom stereocenters. The number of H-pyrrole nitrogens is 2. The van der Waals surface area contributed by atoms with E-state index in [2.05, 4.69) is 140 Å². The first-order valence-electron chi connectivity index (χ1n) is 25.1. The van der Waals surface area contributed by atoms with E-state index in [9.17, 15) is 0 Å². The summed E-state index contributed by atoms with van der Waals surface area (Å²) >= 11 is 0. The smallest absolute Gasteiger partial charge is 0.0767 e. The fraction of sp³-hybridized carbons (Fsp3) is 0.483. The lowest BCUT2D eigenvalue weighted by molar-refractivity contribution is 0.614. The Hall–Kier alpha value is -4.70. The van der Waals surface area contributed by atoms with Crippen molar-refractivity contribution in [2.24, 2.45) is 15.9 Å². The average molecular weight is 829 g/mol. The summed E-state index contributed by atoms with van der Waals surface area (Å²) in [6, 6.07) is 22.5. The Kier molecular flexibility index (Phi) is 15.1. The Balaban J connectivity index is 1.72. The van der Waals surface area contributed by atoms with Crippen molar-refractivity contribution in [1.29, 1.82) is 0 Å². The van der Waals surface area contributed by atoms with Crippen LogP contribution in [0.4, 0.5) is 0 Å². The van der Waals surface area contributed by atoms with Crippen molar-refractivity contribution in [3.63, 3.8) is 0 Å². The predicted octanol–water partition coefficient (Wildman–Crippen LogP) is 16.2. The molecule has 0 saturated carbocycles. The van der Waals surface area contributed by atoms with Crippen molar-refractivity contribution in [2.75, 3.05) is 0 Å². The molecule has 0 aliphatic carbocycles. The first-order valence-corrected chi connectivity index (χ1v) is 25.1. The predicted molar refractivity (Wildman–Crippen MR) is 268 cm³/mol. The maximum absolute atomic E-state index is 6.05. The SMILES string of the molecule is CCCCCCC1C2=NC(=C(c3ccccc3)c3[nH]c(c(CC)c3CC)C(CCCC)c3[nH]c(c(CC)c3CC)C(c3ccccc3)=C3N=C1C(CC)=C3CC)C(CC)=C2CC. The van der Waals surface area contributed by atoms with Crippen LogP contribution >= 0.6 is 0 Å². The molecule has 3 aliphatic heterocycles. The van der Waals surface area contributed by atoms with Gasteiger partial charge in [-0.25, -0.2) is 0 Å². The number of fused-ring (bicyclic) bond motifs is 6. The van der Waals surface area contributed by atoms with Gasteiger partial charge in [-0.15, -0.1) is 0 Å². The van der Waals surface area contributed by atoms with Crippen molar-refractivity contribution >= 4 is 22.6 Å². The van der Waals surface area contributed by atoms with Gasteiger partial charge < -0.3 is 9.97 Å². The van der Waals surface area contributed by atoms with Crippen molar-refractivity contribution in [1.82, 2.24) is 9.97 Å². The van der Waals surface area contributed by atoms with E-state index < -0.39 is 0 Å². The molecule has 0 radical (unpaired) electrons. The third kappa shape index (κ3) is 8.17. The Morgan fingerprint density at radius 1 is 0.403 bits per heavy atom. The lowest BCUT2D eigenvalue weighted by Gasteiger charge is -2.22. The summed E-state index contributed by atoms with van der Waals surface area (Å²) in [6.07, 6.45) is 17.0. The first-order chi connectivity index (χ1) is 30.4. The zero-order valence-corrected chi connectivity index (χ0v) is 40.1. The van der Waals surface area contributed by atoms with Gasteiger partial charge in [0.25, 0.3) is 0 Å². The summed E-state index contributed by atoms with van der Waals surface area (Å²) in [5, 5.41) is 0. The molecule has 0 spiro atoms. The quantitative estimate of drug-likeness (QED) is 0.0939. The highest BCUT2D eigenvalue weighted by Gasteiger charge is 2.39. The first kappa shape index (κ1) is 45.3. The Labute approximate surface area is 375 Å². The number of aromatic nitrogens is 2. The van der Waals surface area contributed by atoms with Crippen LogP contribution in [-0.2, 0) is 25.7 Å². The molecule has 0 fully saturated rings. The standard InChI is InChI=1S/C58H76N4/c1-11-21-23-30-36-48-53-41(15-5)45(19-9)57(61-53)49(37-31-26-24-27-32-37)55-43(17-7)39(13-3)51(59-55)47(35-22-12-2)52-40(14-4)44(18-8)56(60-52)50(38-33-28-25-29-34-38)58-46(20-10)42(16-6)54(48)62-58/h24-29,31-34,47-48,59-60H,11-23,30,35-36H2,1-10H3. The number of unbranched alkanes of at least 4 members (excludes halogenated alkanes) is 4. The van der Waals surface area contributed by atoms with Crippen LogP contribution in [-0.4, -0.2) is 21.4 Å². The molecule has 0 unspecified atom stereocenters. The molecule has 2 N–H and O–H groups in total. The van der Waals surface area contributed by atoms with Crippen molar-refractivity contribution in [3.8, 4) is 0 Å². The molecular formula is C58H76N4. The van der Waals surface area contributed by atoms with Gasteiger partial charge in [-0.05, 0) is 120 Å². The summed E-state index contributed by atoms with van der Waals surface area (Å²) in [6.45, 7) is 23.6. The Morgan fingerprint density at radius 2 is 0.806 bits per heavy atom. The molecule has 0 saturated heterocycles. The molecule has 4 nitrogen and oxygen atoms in total. The van der Waals surface area contributed by atoms with Gasteiger partial charge in [0.05, 0.1) is 34.2 Å². The van der Waals surface area contributed by atoms with Gasteiger partial charge in [-0.1, -0.05) is 168 Å². The van der Waals surface area contributed by atoms with E-state index in [1.165, 1.54) is 138 Å². The van der Waals surface area contributed by atoms with Gasteiger partial charge >= 0.3 is 0 Å². The van der Waals surface area contributed by atoms with Gasteiger partial charge in [0, 0.05) is 34.4 Å².